The van der Waals surface area contributed by atoms with Gasteiger partial charge in [-0.05, 0) is 83.0 Å². The number of hydrogen-bond acceptors (Lipinski definition) is 4. The van der Waals surface area contributed by atoms with E-state index in [-0.39, 0.29) is 11.8 Å². The summed E-state index contributed by atoms with van der Waals surface area (Å²) in [5, 5.41) is 10.3. The highest BCUT2D eigenvalue weighted by molar-refractivity contribution is 6.30. The van der Waals surface area contributed by atoms with Crippen LogP contribution in [0.5, 0.6) is 0 Å². The molecule has 1 aliphatic heterocycles. The lowest BCUT2D eigenvalue weighted by molar-refractivity contribution is -0.143. The number of halogens is 2. The molecule has 1 N–H and O–H groups in total. The quantitative estimate of drug-likeness (QED) is 0.564. The molecule has 1 saturated heterocycles. The van der Waals surface area contributed by atoms with Crippen LogP contribution in [0.4, 0.5) is 4.39 Å². The average Bonchev–Trinajstić information content (AvgIpc) is 3.62. The van der Waals surface area contributed by atoms with Crippen LogP contribution in [0.3, 0.4) is 0 Å². The number of hydrogen-bond donors (Lipinski definition) is 1. The standard InChI is InChI=1S/C21H20ClFN2O3.C8H19N/c22-16-5-6-17(18(23)13-16)14-1-3-15(4-2-14)19(26)24-9-11-25(12-10-24)20(27)21(28)7-8-21;1-6-9(7(2)3)8(4)5/h1-6,13,28H,7-12H2;7-8H,6H2,1-5H3. The van der Waals surface area contributed by atoms with Crippen LogP contribution in [0, 0.1) is 5.82 Å². The second-order valence-corrected chi connectivity index (χ2v) is 10.8. The topological polar surface area (TPSA) is 64.1 Å². The minimum atomic E-state index is -1.17. The molecule has 1 saturated carbocycles. The Hall–Kier alpha value is -2.48. The molecular weight excluding hydrogens is 493 g/mol. The molecule has 2 aliphatic rings. The summed E-state index contributed by atoms with van der Waals surface area (Å²) in [6.07, 6.45) is 1.04. The number of benzene rings is 2. The molecule has 37 heavy (non-hydrogen) atoms. The maximum atomic E-state index is 14.1. The Labute approximate surface area is 225 Å². The first kappa shape index (κ1) is 29.1. The molecule has 2 fully saturated rings. The van der Waals surface area contributed by atoms with E-state index in [4.69, 9.17) is 11.6 Å². The van der Waals surface area contributed by atoms with E-state index in [9.17, 15) is 19.1 Å². The van der Waals surface area contributed by atoms with Gasteiger partial charge in [-0.1, -0.05) is 30.7 Å². The molecule has 1 heterocycles. The van der Waals surface area contributed by atoms with Gasteiger partial charge in [0.05, 0.1) is 0 Å². The third kappa shape index (κ3) is 7.30. The minimum Gasteiger partial charge on any atom is -0.380 e. The molecule has 8 heteroatoms. The van der Waals surface area contributed by atoms with Crippen LogP contribution in [0.15, 0.2) is 42.5 Å². The van der Waals surface area contributed by atoms with Gasteiger partial charge < -0.3 is 14.9 Å². The SMILES string of the molecule is CCN(C(C)C)C(C)C.O=C(c1ccc(-c2ccc(Cl)cc2F)cc1)N1CCN(C(=O)C2(O)CC2)CC1. The number of carbonyl (C=O) groups is 2. The van der Waals surface area contributed by atoms with Gasteiger partial charge in [0.2, 0.25) is 0 Å². The average molecular weight is 532 g/mol. The van der Waals surface area contributed by atoms with E-state index in [1.165, 1.54) is 6.07 Å². The summed E-state index contributed by atoms with van der Waals surface area (Å²) in [5.41, 5.74) is 0.435. The molecule has 0 spiro atoms. The Balaban J connectivity index is 0.000000364. The molecule has 0 radical (unpaired) electrons. The second-order valence-electron chi connectivity index (χ2n) is 10.3. The first-order valence-electron chi connectivity index (χ1n) is 13.1. The molecule has 6 nitrogen and oxygen atoms in total. The number of nitrogens with zero attached hydrogens (tertiary/aromatic N) is 3. The fourth-order valence-corrected chi connectivity index (χ4v) is 4.92. The van der Waals surface area contributed by atoms with Gasteiger partial charge in [-0.25, -0.2) is 4.39 Å². The van der Waals surface area contributed by atoms with Gasteiger partial charge >= 0.3 is 0 Å². The van der Waals surface area contributed by atoms with Gasteiger partial charge in [0, 0.05) is 54.4 Å². The Morgan fingerprint density at radius 1 is 0.973 bits per heavy atom. The summed E-state index contributed by atoms with van der Waals surface area (Å²) < 4.78 is 14.1. The van der Waals surface area contributed by atoms with Crippen molar-refractivity contribution in [3.63, 3.8) is 0 Å². The van der Waals surface area contributed by atoms with Crippen molar-refractivity contribution in [2.24, 2.45) is 0 Å². The van der Waals surface area contributed by atoms with E-state index in [2.05, 4.69) is 39.5 Å². The van der Waals surface area contributed by atoms with E-state index in [1.807, 2.05) is 0 Å². The number of carbonyl (C=O) groups excluding carboxylic acids is 2. The molecule has 1 aliphatic carbocycles. The smallest absolute Gasteiger partial charge is 0.254 e. The number of amides is 2. The van der Waals surface area contributed by atoms with Crippen molar-refractivity contribution in [3.8, 4) is 11.1 Å². The lowest BCUT2D eigenvalue weighted by Gasteiger charge is -2.35. The highest BCUT2D eigenvalue weighted by Gasteiger charge is 2.50. The second kappa shape index (κ2) is 12.4. The first-order chi connectivity index (χ1) is 17.5. The highest BCUT2D eigenvalue weighted by atomic mass is 35.5. The van der Waals surface area contributed by atoms with E-state index < -0.39 is 11.4 Å². The first-order valence-corrected chi connectivity index (χ1v) is 13.5. The zero-order valence-electron chi connectivity index (χ0n) is 22.5. The number of piperazine rings is 1. The third-order valence-corrected chi connectivity index (χ3v) is 7.28. The van der Waals surface area contributed by atoms with E-state index in [0.29, 0.717) is 72.8 Å². The molecule has 2 aromatic carbocycles. The monoisotopic (exact) mass is 531 g/mol. The third-order valence-electron chi connectivity index (χ3n) is 7.04. The summed E-state index contributed by atoms with van der Waals surface area (Å²) in [4.78, 5) is 30.7. The minimum absolute atomic E-state index is 0.125. The normalized spacial score (nSPS) is 16.6. The fraction of sp³-hybridized carbons (Fsp3) is 0.517. The van der Waals surface area contributed by atoms with Gasteiger partial charge in [0.1, 0.15) is 11.4 Å². The van der Waals surface area contributed by atoms with Gasteiger partial charge in [-0.2, -0.15) is 0 Å². The van der Waals surface area contributed by atoms with Crippen molar-refractivity contribution in [2.45, 2.75) is 65.1 Å². The van der Waals surface area contributed by atoms with Crippen LogP contribution in [0.1, 0.15) is 57.8 Å². The summed E-state index contributed by atoms with van der Waals surface area (Å²) in [6, 6.07) is 12.6. The highest BCUT2D eigenvalue weighted by Crippen LogP contribution is 2.37. The van der Waals surface area contributed by atoms with Crippen molar-refractivity contribution in [1.29, 1.82) is 0 Å². The van der Waals surface area contributed by atoms with Crippen LogP contribution >= 0.6 is 11.6 Å². The molecule has 0 atom stereocenters. The van der Waals surface area contributed by atoms with Crippen molar-refractivity contribution in [3.05, 3.63) is 58.9 Å². The van der Waals surface area contributed by atoms with Crippen LogP contribution in [-0.4, -0.2) is 82.0 Å². The molecule has 0 bridgehead atoms. The zero-order chi connectivity index (χ0) is 27.3. The van der Waals surface area contributed by atoms with Crippen LogP contribution in [0.2, 0.25) is 5.02 Å². The molecule has 0 aromatic heterocycles. The Bertz CT molecular complexity index is 1070. The maximum Gasteiger partial charge on any atom is 0.254 e. The largest absolute Gasteiger partial charge is 0.380 e. The summed E-state index contributed by atoms with van der Waals surface area (Å²) in [6.45, 7) is 14.0. The van der Waals surface area contributed by atoms with E-state index in [0.717, 1.165) is 6.54 Å². The summed E-state index contributed by atoms with van der Waals surface area (Å²) >= 11 is 5.79. The fourth-order valence-electron chi connectivity index (χ4n) is 4.76. The summed E-state index contributed by atoms with van der Waals surface area (Å²) in [7, 11) is 0. The number of aliphatic hydroxyl groups is 1. The van der Waals surface area contributed by atoms with Crippen molar-refractivity contribution >= 4 is 23.4 Å². The van der Waals surface area contributed by atoms with E-state index >= 15 is 0 Å². The number of rotatable bonds is 6. The maximum absolute atomic E-state index is 14.1. The molecule has 202 valence electrons. The van der Waals surface area contributed by atoms with Gasteiger partial charge in [-0.15, -0.1) is 0 Å². The Morgan fingerprint density at radius 3 is 1.95 bits per heavy atom. The molecule has 0 unspecified atom stereocenters. The van der Waals surface area contributed by atoms with Crippen LogP contribution < -0.4 is 0 Å². The lowest BCUT2D eigenvalue weighted by Crippen LogP contribution is -2.53. The van der Waals surface area contributed by atoms with Crippen LogP contribution in [-0.2, 0) is 4.79 Å². The Morgan fingerprint density at radius 2 is 1.51 bits per heavy atom. The zero-order valence-corrected chi connectivity index (χ0v) is 23.3. The summed E-state index contributed by atoms with van der Waals surface area (Å²) in [5.74, 6) is -0.765. The Kier molecular flexibility index (Phi) is 9.73. The van der Waals surface area contributed by atoms with Crippen molar-refractivity contribution in [2.75, 3.05) is 32.7 Å². The van der Waals surface area contributed by atoms with E-state index in [1.54, 1.807) is 46.2 Å². The molecule has 2 aromatic rings. The van der Waals surface area contributed by atoms with Crippen molar-refractivity contribution < 1.29 is 19.1 Å². The van der Waals surface area contributed by atoms with Gasteiger partial charge in [0.15, 0.2) is 0 Å². The van der Waals surface area contributed by atoms with Crippen LogP contribution in [0.25, 0.3) is 11.1 Å². The predicted molar refractivity (Wildman–Crippen MR) is 146 cm³/mol. The van der Waals surface area contributed by atoms with Gasteiger partial charge in [0.25, 0.3) is 11.8 Å². The predicted octanol–water partition coefficient (Wildman–Crippen LogP) is 5.08. The van der Waals surface area contributed by atoms with Crippen molar-refractivity contribution in [1.82, 2.24) is 14.7 Å². The molecular formula is C29H39ClFN3O3. The lowest BCUT2D eigenvalue weighted by atomic mass is 10.0. The molecule has 4 rings (SSSR count). The van der Waals surface area contributed by atoms with Gasteiger partial charge in [-0.3, -0.25) is 14.5 Å². The molecule has 2 amide bonds.